The van der Waals surface area contributed by atoms with Crippen LogP contribution in [-0.2, 0) is 16.1 Å². The van der Waals surface area contributed by atoms with Crippen molar-refractivity contribution in [3.63, 3.8) is 0 Å². The van der Waals surface area contributed by atoms with Crippen LogP contribution in [0.4, 0.5) is 5.82 Å². The molecule has 1 unspecified atom stereocenters. The number of rotatable bonds is 3. The summed E-state index contributed by atoms with van der Waals surface area (Å²) in [4.78, 5) is 4.11. The minimum atomic E-state index is 0.157. The molecule has 15 heavy (non-hydrogen) atoms. The normalized spacial score (nSPS) is 20.7. The second-order valence-corrected chi connectivity index (χ2v) is 3.87. The monoisotopic (exact) mass is 228 g/mol. The van der Waals surface area contributed by atoms with Gasteiger partial charge in [0, 0.05) is 6.61 Å². The number of pyridine rings is 1. The smallest absolute Gasteiger partial charge is 0.123 e. The Labute approximate surface area is 93.3 Å². The fourth-order valence-corrected chi connectivity index (χ4v) is 1.60. The van der Waals surface area contributed by atoms with Crippen LogP contribution >= 0.6 is 11.6 Å². The SMILES string of the molecule is Nc1ccc(Cl)c(COC2CCOC2)n1. The van der Waals surface area contributed by atoms with Gasteiger partial charge in [0.2, 0.25) is 0 Å². The molecule has 0 amide bonds. The Balaban J connectivity index is 1.94. The lowest BCUT2D eigenvalue weighted by molar-refractivity contribution is 0.0302. The summed E-state index contributed by atoms with van der Waals surface area (Å²) in [6.07, 6.45) is 1.09. The van der Waals surface area contributed by atoms with Gasteiger partial charge < -0.3 is 15.2 Å². The van der Waals surface area contributed by atoms with Crippen LogP contribution in [0.3, 0.4) is 0 Å². The second-order valence-electron chi connectivity index (χ2n) is 3.46. The third-order valence-electron chi connectivity index (χ3n) is 2.28. The molecule has 1 saturated heterocycles. The minimum absolute atomic E-state index is 0.157. The lowest BCUT2D eigenvalue weighted by atomic mass is 10.3. The molecule has 0 radical (unpaired) electrons. The van der Waals surface area contributed by atoms with E-state index in [1.165, 1.54) is 0 Å². The first-order chi connectivity index (χ1) is 7.25. The predicted octanol–water partition coefficient (Wildman–Crippen LogP) is 1.62. The van der Waals surface area contributed by atoms with E-state index in [4.69, 9.17) is 26.8 Å². The molecule has 1 aliphatic heterocycles. The average Bonchev–Trinajstić information content (AvgIpc) is 2.72. The van der Waals surface area contributed by atoms with Crippen LogP contribution in [0.1, 0.15) is 12.1 Å². The number of anilines is 1. The molecule has 1 aromatic heterocycles. The van der Waals surface area contributed by atoms with E-state index >= 15 is 0 Å². The lowest BCUT2D eigenvalue weighted by Crippen LogP contribution is -2.13. The van der Waals surface area contributed by atoms with Crippen molar-refractivity contribution < 1.29 is 9.47 Å². The van der Waals surface area contributed by atoms with Gasteiger partial charge in [-0.15, -0.1) is 0 Å². The molecule has 0 spiro atoms. The maximum atomic E-state index is 5.95. The molecule has 4 nitrogen and oxygen atoms in total. The first-order valence-corrected chi connectivity index (χ1v) is 5.24. The van der Waals surface area contributed by atoms with Crippen molar-refractivity contribution in [3.05, 3.63) is 22.8 Å². The number of nitrogens with zero attached hydrogens (tertiary/aromatic N) is 1. The first kappa shape index (κ1) is 10.7. The van der Waals surface area contributed by atoms with Crippen LogP contribution in [0.25, 0.3) is 0 Å². The molecule has 1 aliphatic rings. The summed E-state index contributed by atoms with van der Waals surface area (Å²) in [6, 6.07) is 3.40. The number of halogens is 1. The van der Waals surface area contributed by atoms with Gasteiger partial charge in [-0.1, -0.05) is 11.6 Å². The summed E-state index contributed by atoms with van der Waals surface area (Å²) in [5, 5.41) is 0.586. The molecule has 2 rings (SSSR count). The Morgan fingerprint density at radius 1 is 1.60 bits per heavy atom. The molecule has 0 aromatic carbocycles. The van der Waals surface area contributed by atoms with Crippen molar-refractivity contribution in [2.45, 2.75) is 19.1 Å². The third kappa shape index (κ3) is 2.81. The highest BCUT2D eigenvalue weighted by atomic mass is 35.5. The number of nitrogens with two attached hydrogens (primary N) is 1. The summed E-state index contributed by atoms with van der Waals surface area (Å²) in [6.45, 7) is 1.81. The fraction of sp³-hybridized carbons (Fsp3) is 0.500. The maximum absolute atomic E-state index is 5.95. The Morgan fingerprint density at radius 2 is 2.47 bits per heavy atom. The number of ether oxygens (including phenoxy) is 2. The average molecular weight is 229 g/mol. The van der Waals surface area contributed by atoms with Gasteiger partial charge in [0.15, 0.2) is 0 Å². The number of hydrogen-bond acceptors (Lipinski definition) is 4. The van der Waals surface area contributed by atoms with Crippen LogP contribution in [0, 0.1) is 0 Å². The highest BCUT2D eigenvalue weighted by molar-refractivity contribution is 6.31. The summed E-state index contributed by atoms with van der Waals surface area (Å²) < 4.78 is 10.8. The molecule has 0 bridgehead atoms. The zero-order chi connectivity index (χ0) is 10.7. The van der Waals surface area contributed by atoms with Gasteiger partial charge in [0.25, 0.3) is 0 Å². The van der Waals surface area contributed by atoms with Gasteiger partial charge in [-0.25, -0.2) is 4.98 Å². The van der Waals surface area contributed by atoms with Gasteiger partial charge >= 0.3 is 0 Å². The van der Waals surface area contributed by atoms with E-state index < -0.39 is 0 Å². The van der Waals surface area contributed by atoms with Gasteiger partial charge in [0.1, 0.15) is 5.82 Å². The van der Waals surface area contributed by atoms with E-state index in [0.29, 0.717) is 29.7 Å². The van der Waals surface area contributed by atoms with Crippen LogP contribution < -0.4 is 5.73 Å². The third-order valence-corrected chi connectivity index (χ3v) is 2.63. The summed E-state index contributed by atoms with van der Waals surface area (Å²) in [7, 11) is 0. The largest absolute Gasteiger partial charge is 0.384 e. The van der Waals surface area contributed by atoms with Crippen molar-refractivity contribution in [2.24, 2.45) is 0 Å². The van der Waals surface area contributed by atoms with E-state index in [9.17, 15) is 0 Å². The molecule has 0 aliphatic carbocycles. The molecule has 1 fully saturated rings. The second kappa shape index (κ2) is 4.79. The van der Waals surface area contributed by atoms with Crippen molar-refractivity contribution in [2.75, 3.05) is 18.9 Å². The van der Waals surface area contributed by atoms with Crippen molar-refractivity contribution in [1.82, 2.24) is 4.98 Å². The molecule has 2 heterocycles. The van der Waals surface area contributed by atoms with E-state index in [0.717, 1.165) is 13.0 Å². The van der Waals surface area contributed by atoms with Crippen molar-refractivity contribution in [1.29, 1.82) is 0 Å². The van der Waals surface area contributed by atoms with E-state index in [1.807, 2.05) is 0 Å². The van der Waals surface area contributed by atoms with Crippen molar-refractivity contribution >= 4 is 17.4 Å². The molecule has 5 heteroatoms. The molecule has 82 valence electrons. The number of aromatic nitrogens is 1. The molecule has 1 atom stereocenters. The minimum Gasteiger partial charge on any atom is -0.384 e. The molecule has 0 saturated carbocycles. The zero-order valence-corrected chi connectivity index (χ0v) is 9.04. The molecular weight excluding hydrogens is 216 g/mol. The molecular formula is C10H13ClN2O2. The van der Waals surface area contributed by atoms with E-state index in [2.05, 4.69) is 4.98 Å². The van der Waals surface area contributed by atoms with Crippen LogP contribution in [0.15, 0.2) is 12.1 Å². The van der Waals surface area contributed by atoms with Crippen LogP contribution in [0.2, 0.25) is 5.02 Å². The molecule has 2 N–H and O–H groups in total. The Morgan fingerprint density at radius 3 is 3.20 bits per heavy atom. The Bertz CT molecular complexity index is 340. The quantitative estimate of drug-likeness (QED) is 0.854. The number of hydrogen-bond donors (Lipinski definition) is 1. The highest BCUT2D eigenvalue weighted by Crippen LogP contribution is 2.18. The summed E-state index contributed by atoms with van der Waals surface area (Å²) >= 11 is 5.95. The first-order valence-electron chi connectivity index (χ1n) is 4.86. The fourth-order valence-electron chi connectivity index (χ4n) is 1.44. The summed E-state index contributed by atoms with van der Waals surface area (Å²) in [5.41, 5.74) is 6.25. The van der Waals surface area contributed by atoms with Gasteiger partial charge in [-0.05, 0) is 18.6 Å². The number of nitrogen functional groups attached to an aromatic ring is 1. The summed E-state index contributed by atoms with van der Waals surface area (Å²) in [5.74, 6) is 0.459. The van der Waals surface area contributed by atoms with Gasteiger partial charge in [-0.2, -0.15) is 0 Å². The zero-order valence-electron chi connectivity index (χ0n) is 8.28. The lowest BCUT2D eigenvalue weighted by Gasteiger charge is -2.10. The van der Waals surface area contributed by atoms with Crippen LogP contribution in [0.5, 0.6) is 0 Å². The highest BCUT2D eigenvalue weighted by Gasteiger charge is 2.16. The van der Waals surface area contributed by atoms with E-state index in [1.54, 1.807) is 12.1 Å². The van der Waals surface area contributed by atoms with Gasteiger partial charge in [0.05, 0.1) is 30.0 Å². The molecule has 1 aromatic rings. The van der Waals surface area contributed by atoms with Crippen molar-refractivity contribution in [3.8, 4) is 0 Å². The van der Waals surface area contributed by atoms with Crippen LogP contribution in [-0.4, -0.2) is 24.3 Å². The topological polar surface area (TPSA) is 57.4 Å². The standard InChI is InChI=1S/C10H13ClN2O2/c11-8-1-2-10(12)13-9(8)6-15-7-3-4-14-5-7/h1-2,7H,3-6H2,(H2,12,13). The Hall–Kier alpha value is -0.840. The maximum Gasteiger partial charge on any atom is 0.123 e. The van der Waals surface area contributed by atoms with E-state index in [-0.39, 0.29) is 6.10 Å². The van der Waals surface area contributed by atoms with Gasteiger partial charge in [-0.3, -0.25) is 0 Å². The predicted molar refractivity (Wildman–Crippen MR) is 57.7 cm³/mol. The Kier molecular flexibility index (Phi) is 3.41.